The number of methoxy groups -OCH3 is 1. The maximum atomic E-state index is 15.8. The van der Waals surface area contributed by atoms with E-state index in [9.17, 15) is 13.2 Å². The van der Waals surface area contributed by atoms with Crippen molar-refractivity contribution in [2.75, 3.05) is 7.11 Å². The van der Waals surface area contributed by atoms with Crippen LogP contribution in [0.2, 0.25) is 0 Å². The van der Waals surface area contributed by atoms with Gasteiger partial charge in [0.25, 0.3) is 0 Å². The van der Waals surface area contributed by atoms with E-state index in [1.165, 1.54) is 4.57 Å². The fourth-order valence-corrected chi connectivity index (χ4v) is 4.12. The van der Waals surface area contributed by atoms with Crippen molar-refractivity contribution in [2.24, 2.45) is 0 Å². The zero-order chi connectivity index (χ0) is 24.0. The number of ether oxygens (including phenoxy) is 1. The van der Waals surface area contributed by atoms with Crippen LogP contribution in [0.25, 0.3) is 17.8 Å². The molecule has 0 radical (unpaired) electrons. The second kappa shape index (κ2) is 8.12. The van der Waals surface area contributed by atoms with Crippen LogP contribution in [-0.4, -0.2) is 31.4 Å². The highest BCUT2D eigenvalue weighted by Gasteiger charge is 2.45. The molecule has 2 aromatic heterocycles. The molecule has 0 aliphatic carbocycles. The number of halogens is 4. The molecule has 4 aromatic rings. The van der Waals surface area contributed by atoms with Gasteiger partial charge in [-0.15, -0.1) is 10.2 Å². The van der Waals surface area contributed by atoms with Gasteiger partial charge in [0.1, 0.15) is 5.75 Å². The van der Waals surface area contributed by atoms with Gasteiger partial charge in [-0.2, -0.15) is 0 Å². The number of rotatable bonds is 5. The first-order valence-electron chi connectivity index (χ1n) is 10.4. The van der Waals surface area contributed by atoms with Gasteiger partial charge in [-0.25, -0.2) is 22.5 Å². The van der Waals surface area contributed by atoms with Crippen molar-refractivity contribution in [3.05, 3.63) is 88.8 Å². The first kappa shape index (κ1) is 21.9. The summed E-state index contributed by atoms with van der Waals surface area (Å²) in [7, 11) is 1.57. The lowest BCUT2D eigenvalue weighted by atomic mass is 9.93. The molecule has 1 atom stereocenters. The van der Waals surface area contributed by atoms with E-state index in [-0.39, 0.29) is 24.4 Å². The number of hydrogen-bond donors (Lipinski definition) is 0. The Morgan fingerprint density at radius 2 is 1.82 bits per heavy atom. The molecule has 3 heterocycles. The smallest absolute Gasteiger partial charge is 0.197 e. The highest BCUT2D eigenvalue weighted by Crippen LogP contribution is 2.42. The number of hydrogen-bond acceptors (Lipinski definition) is 4. The molecule has 1 aliphatic rings. The van der Waals surface area contributed by atoms with E-state index >= 15 is 4.39 Å². The van der Waals surface area contributed by atoms with Gasteiger partial charge in [0.05, 0.1) is 24.8 Å². The van der Waals surface area contributed by atoms with Gasteiger partial charge >= 0.3 is 0 Å². The van der Waals surface area contributed by atoms with Crippen molar-refractivity contribution in [3.8, 4) is 11.4 Å². The third kappa shape index (κ3) is 3.55. The van der Waals surface area contributed by atoms with Crippen molar-refractivity contribution in [3.63, 3.8) is 0 Å². The van der Waals surface area contributed by atoms with E-state index in [4.69, 9.17) is 4.74 Å². The molecule has 5 rings (SSSR count). The van der Waals surface area contributed by atoms with Gasteiger partial charge in [-0.05, 0) is 42.8 Å². The number of nitrogens with zero attached hydrogens (tertiary/aromatic N) is 5. The minimum absolute atomic E-state index is 0.0824. The predicted octanol–water partition coefficient (Wildman–Crippen LogP) is 4.99. The Kier molecular flexibility index (Phi) is 5.22. The molecule has 10 heteroatoms. The van der Waals surface area contributed by atoms with Crippen LogP contribution in [0.3, 0.4) is 0 Å². The summed E-state index contributed by atoms with van der Waals surface area (Å²) in [6, 6.07) is 6.93. The summed E-state index contributed by atoms with van der Waals surface area (Å²) in [6.07, 6.45) is 6.93. The quantitative estimate of drug-likeness (QED) is 0.305. The normalized spacial score (nSPS) is 17.5. The van der Waals surface area contributed by atoms with Gasteiger partial charge in [-0.3, -0.25) is 0 Å². The molecule has 0 amide bonds. The second-order valence-electron chi connectivity index (χ2n) is 8.03. The van der Waals surface area contributed by atoms with E-state index in [1.807, 2.05) is 35.9 Å². The molecule has 0 saturated heterocycles. The summed E-state index contributed by atoms with van der Waals surface area (Å²) < 4.78 is 65.4. The molecule has 0 fully saturated rings. The van der Waals surface area contributed by atoms with E-state index in [1.54, 1.807) is 25.6 Å². The number of imidazole rings is 1. The lowest BCUT2D eigenvalue weighted by Crippen LogP contribution is -2.20. The van der Waals surface area contributed by atoms with Gasteiger partial charge < -0.3 is 13.9 Å². The molecule has 2 aromatic carbocycles. The zero-order valence-electron chi connectivity index (χ0n) is 18.3. The summed E-state index contributed by atoms with van der Waals surface area (Å²) in [5.41, 5.74) is -0.101. The summed E-state index contributed by atoms with van der Waals surface area (Å²) in [5, 5.41) is 7.95. The molecule has 174 valence electrons. The predicted molar refractivity (Wildman–Crippen MR) is 117 cm³/mol. The Bertz CT molecular complexity index is 1400. The summed E-state index contributed by atoms with van der Waals surface area (Å²) in [6.45, 7) is 2.09. The maximum absolute atomic E-state index is 15.8. The molecule has 0 N–H and O–H groups in total. The largest absolute Gasteiger partial charge is 0.495 e. The number of alkyl halides is 1. The number of benzene rings is 2. The minimum Gasteiger partial charge on any atom is -0.495 e. The minimum atomic E-state index is -2.28. The molecular formula is C24H19F4N5O. The third-order valence-electron chi connectivity index (χ3n) is 5.87. The Balaban J connectivity index is 1.44. The molecule has 6 nitrogen and oxygen atoms in total. The second-order valence-corrected chi connectivity index (χ2v) is 8.03. The van der Waals surface area contributed by atoms with Crippen LogP contribution in [0.15, 0.2) is 42.9 Å². The first-order valence-corrected chi connectivity index (χ1v) is 10.4. The fraction of sp³-hybridized carbons (Fsp3) is 0.208. The molecule has 34 heavy (non-hydrogen) atoms. The molecule has 1 aliphatic heterocycles. The highest BCUT2D eigenvalue weighted by molar-refractivity contribution is 5.69. The number of aromatic nitrogens is 5. The van der Waals surface area contributed by atoms with Gasteiger partial charge in [-0.1, -0.05) is 12.1 Å². The standard InChI is InChI=1S/C24H19F4N5O/c1-14-12-32(13-29-14)19-5-3-15(9-20(19)34-2)4-6-21-30-31-23-24(28,7-8-33(21)23)16-10-17(25)22(27)18(26)11-16/h3-6,9-13H,7-8H2,1-2H3/b6-4+/t24-/m1/s1. The molecular weight excluding hydrogens is 450 g/mol. The number of fused-ring (bicyclic) bond motifs is 1. The lowest BCUT2D eigenvalue weighted by Gasteiger charge is -2.18. The Labute approximate surface area is 192 Å². The van der Waals surface area contributed by atoms with E-state index < -0.39 is 23.1 Å². The Morgan fingerprint density at radius 3 is 2.50 bits per heavy atom. The van der Waals surface area contributed by atoms with Crippen LogP contribution < -0.4 is 4.74 Å². The average molecular weight is 469 g/mol. The first-order chi connectivity index (χ1) is 16.3. The molecule has 0 unspecified atom stereocenters. The van der Waals surface area contributed by atoms with Crippen molar-refractivity contribution in [1.82, 2.24) is 24.3 Å². The van der Waals surface area contributed by atoms with E-state index in [0.717, 1.165) is 16.9 Å². The molecule has 0 spiro atoms. The van der Waals surface area contributed by atoms with Crippen LogP contribution in [0.4, 0.5) is 17.6 Å². The SMILES string of the molecule is COc1cc(/C=C/c2nnc3n2CC[C@@]3(F)c2cc(F)c(F)c(F)c2)ccc1-n1cnc(C)c1. The maximum Gasteiger partial charge on any atom is 0.197 e. The average Bonchev–Trinajstić information content (AvgIpc) is 3.53. The van der Waals surface area contributed by atoms with Crippen LogP contribution >= 0.6 is 0 Å². The topological polar surface area (TPSA) is 57.8 Å². The van der Waals surface area contributed by atoms with Gasteiger partial charge in [0.2, 0.25) is 0 Å². The van der Waals surface area contributed by atoms with Crippen molar-refractivity contribution in [1.29, 1.82) is 0 Å². The van der Waals surface area contributed by atoms with Crippen LogP contribution in [-0.2, 0) is 12.2 Å². The van der Waals surface area contributed by atoms with E-state index in [0.29, 0.717) is 23.7 Å². The summed E-state index contributed by atoms with van der Waals surface area (Å²) in [5.74, 6) is -3.61. The summed E-state index contributed by atoms with van der Waals surface area (Å²) in [4.78, 5) is 4.23. The highest BCUT2D eigenvalue weighted by atomic mass is 19.2. The van der Waals surface area contributed by atoms with Crippen molar-refractivity contribution in [2.45, 2.75) is 25.6 Å². The van der Waals surface area contributed by atoms with Crippen LogP contribution in [0.5, 0.6) is 5.75 Å². The Hall–Kier alpha value is -3.95. The van der Waals surface area contributed by atoms with Crippen molar-refractivity contribution >= 4 is 12.2 Å². The molecule has 0 saturated carbocycles. The zero-order valence-corrected chi connectivity index (χ0v) is 18.3. The molecule has 0 bridgehead atoms. The van der Waals surface area contributed by atoms with Crippen LogP contribution in [0, 0.1) is 24.4 Å². The van der Waals surface area contributed by atoms with Crippen molar-refractivity contribution < 1.29 is 22.3 Å². The van der Waals surface area contributed by atoms with E-state index in [2.05, 4.69) is 15.2 Å². The fourth-order valence-electron chi connectivity index (χ4n) is 4.12. The van der Waals surface area contributed by atoms with Gasteiger partial charge in [0.15, 0.2) is 34.8 Å². The Morgan fingerprint density at radius 1 is 1.06 bits per heavy atom. The monoisotopic (exact) mass is 469 g/mol. The lowest BCUT2D eigenvalue weighted by molar-refractivity contribution is 0.213. The third-order valence-corrected chi connectivity index (χ3v) is 5.87. The van der Waals surface area contributed by atoms with Gasteiger partial charge in [0, 0.05) is 24.7 Å². The summed E-state index contributed by atoms with van der Waals surface area (Å²) >= 11 is 0. The van der Waals surface area contributed by atoms with Crippen LogP contribution in [0.1, 0.15) is 34.9 Å². The number of aryl methyl sites for hydroxylation is 1.